The second-order valence-corrected chi connectivity index (χ2v) is 5.55. The summed E-state index contributed by atoms with van der Waals surface area (Å²) < 4.78 is 15.9. The van der Waals surface area contributed by atoms with Crippen LogP contribution in [0.3, 0.4) is 0 Å². The summed E-state index contributed by atoms with van der Waals surface area (Å²) in [5.74, 6) is 0.346. The van der Waals surface area contributed by atoms with Crippen molar-refractivity contribution in [3.05, 3.63) is 59.2 Å². The Morgan fingerprint density at radius 3 is 2.83 bits per heavy atom. The molecule has 6 heteroatoms. The molecule has 0 unspecified atom stereocenters. The first-order chi connectivity index (χ1) is 11.5. The lowest BCUT2D eigenvalue weighted by atomic mass is 10.1. The molecule has 0 aliphatic rings. The van der Waals surface area contributed by atoms with Gasteiger partial charge in [0.2, 0.25) is 0 Å². The van der Waals surface area contributed by atoms with Crippen molar-refractivity contribution < 1.29 is 4.39 Å². The van der Waals surface area contributed by atoms with E-state index >= 15 is 0 Å². The Balaban J connectivity index is 2.16. The minimum Gasteiger partial charge on any atom is -0.357 e. The molecule has 0 bridgehead atoms. The topological polar surface area (TPSA) is 56.4 Å². The number of nitrogens with one attached hydrogen (secondary N) is 1. The average molecular weight is 327 g/mol. The van der Waals surface area contributed by atoms with Crippen LogP contribution in [0.2, 0.25) is 0 Å². The van der Waals surface area contributed by atoms with Gasteiger partial charge in [-0.1, -0.05) is 0 Å². The summed E-state index contributed by atoms with van der Waals surface area (Å²) >= 11 is 0. The van der Waals surface area contributed by atoms with Gasteiger partial charge < -0.3 is 14.8 Å². The molecule has 2 rings (SSSR count). The average Bonchev–Trinajstić information content (AvgIpc) is 2.97. The number of halogens is 1. The highest BCUT2D eigenvalue weighted by molar-refractivity contribution is 5.79. The molecule has 0 fully saturated rings. The summed E-state index contributed by atoms with van der Waals surface area (Å²) in [4.78, 5) is 6.49. The van der Waals surface area contributed by atoms with Gasteiger partial charge in [-0.05, 0) is 37.3 Å². The highest BCUT2D eigenvalue weighted by Gasteiger charge is 2.09. The maximum Gasteiger partial charge on any atom is 0.194 e. The van der Waals surface area contributed by atoms with Crippen molar-refractivity contribution in [3.63, 3.8) is 0 Å². The number of rotatable bonds is 5. The monoisotopic (exact) mass is 327 g/mol. The van der Waals surface area contributed by atoms with Gasteiger partial charge in [0.15, 0.2) is 5.96 Å². The Bertz CT molecular complexity index is 757. The third-order valence-electron chi connectivity index (χ3n) is 3.72. The predicted octanol–water partition coefficient (Wildman–Crippen LogP) is 2.63. The Hall–Kier alpha value is -2.81. The molecule has 24 heavy (non-hydrogen) atoms. The third-order valence-corrected chi connectivity index (χ3v) is 3.72. The number of nitriles is 1. The standard InChI is InChI=1S/C18H22FN5/c1-4-21-18(24(3)13-16-6-5-9-23(16)2)22-12-15-10-14(11-20)7-8-17(15)19/h5-10H,4,12-13H2,1-3H3,(H,21,22). The molecule has 5 nitrogen and oxygen atoms in total. The van der Waals surface area contributed by atoms with Gasteiger partial charge in [-0.3, -0.25) is 0 Å². The first-order valence-corrected chi connectivity index (χ1v) is 7.83. The van der Waals surface area contributed by atoms with Crippen molar-refractivity contribution >= 4 is 5.96 Å². The van der Waals surface area contributed by atoms with E-state index < -0.39 is 0 Å². The van der Waals surface area contributed by atoms with Crippen LogP contribution in [0.4, 0.5) is 4.39 Å². The molecule has 0 radical (unpaired) electrons. The van der Waals surface area contributed by atoms with E-state index in [1.807, 2.05) is 44.3 Å². The predicted molar refractivity (Wildman–Crippen MR) is 92.8 cm³/mol. The van der Waals surface area contributed by atoms with Crippen molar-refractivity contribution in [2.75, 3.05) is 13.6 Å². The highest BCUT2D eigenvalue weighted by Crippen LogP contribution is 2.12. The summed E-state index contributed by atoms with van der Waals surface area (Å²) in [6.45, 7) is 3.58. The van der Waals surface area contributed by atoms with Crippen molar-refractivity contribution in [1.29, 1.82) is 5.26 Å². The van der Waals surface area contributed by atoms with Gasteiger partial charge in [-0.25, -0.2) is 9.38 Å². The van der Waals surface area contributed by atoms with Crippen molar-refractivity contribution in [3.8, 4) is 6.07 Å². The van der Waals surface area contributed by atoms with E-state index in [1.165, 1.54) is 12.1 Å². The second-order valence-electron chi connectivity index (χ2n) is 5.55. The van der Waals surface area contributed by atoms with Crippen LogP contribution in [0.1, 0.15) is 23.7 Å². The van der Waals surface area contributed by atoms with Crippen LogP contribution in [0, 0.1) is 17.1 Å². The van der Waals surface area contributed by atoms with Crippen LogP contribution in [-0.2, 0) is 20.1 Å². The summed E-state index contributed by atoms with van der Waals surface area (Å²) in [6, 6.07) is 10.4. The lowest BCUT2D eigenvalue weighted by Gasteiger charge is -2.22. The van der Waals surface area contributed by atoms with Gasteiger partial charge in [0.05, 0.1) is 24.7 Å². The zero-order valence-electron chi connectivity index (χ0n) is 14.3. The van der Waals surface area contributed by atoms with E-state index in [0.717, 1.165) is 12.2 Å². The Labute approximate surface area is 142 Å². The molecule has 1 aromatic heterocycles. The van der Waals surface area contributed by atoms with E-state index in [2.05, 4.69) is 20.9 Å². The Kier molecular flexibility index (Phi) is 5.96. The van der Waals surface area contributed by atoms with Crippen LogP contribution in [0.15, 0.2) is 41.5 Å². The molecule has 0 amide bonds. The first kappa shape index (κ1) is 17.5. The summed E-state index contributed by atoms with van der Waals surface area (Å²) in [5.41, 5.74) is 2.00. The lowest BCUT2D eigenvalue weighted by molar-refractivity contribution is 0.461. The molecular formula is C18H22FN5. The minimum absolute atomic E-state index is 0.182. The highest BCUT2D eigenvalue weighted by atomic mass is 19.1. The smallest absolute Gasteiger partial charge is 0.194 e. The van der Waals surface area contributed by atoms with Crippen molar-refractivity contribution in [2.24, 2.45) is 12.0 Å². The molecule has 1 aromatic carbocycles. The lowest BCUT2D eigenvalue weighted by Crippen LogP contribution is -2.38. The summed E-state index contributed by atoms with van der Waals surface area (Å²) in [7, 11) is 3.94. The van der Waals surface area contributed by atoms with Crippen LogP contribution >= 0.6 is 0 Å². The van der Waals surface area contributed by atoms with Crippen LogP contribution in [-0.4, -0.2) is 29.0 Å². The number of hydrogen-bond donors (Lipinski definition) is 1. The second kappa shape index (κ2) is 8.16. The van der Waals surface area contributed by atoms with Gasteiger partial charge in [0, 0.05) is 38.1 Å². The maximum absolute atomic E-state index is 13.9. The van der Waals surface area contributed by atoms with Crippen LogP contribution in [0.25, 0.3) is 0 Å². The summed E-state index contributed by atoms with van der Waals surface area (Å²) in [5, 5.41) is 12.2. The Morgan fingerprint density at radius 1 is 1.42 bits per heavy atom. The van der Waals surface area contributed by atoms with E-state index in [9.17, 15) is 4.39 Å². The normalized spacial score (nSPS) is 11.2. The molecule has 126 valence electrons. The minimum atomic E-state index is -0.348. The van der Waals surface area contributed by atoms with Crippen molar-refractivity contribution in [2.45, 2.75) is 20.0 Å². The number of aryl methyl sites for hydroxylation is 1. The fourth-order valence-corrected chi connectivity index (χ4v) is 2.37. The van der Waals surface area contributed by atoms with Gasteiger partial charge in [-0.15, -0.1) is 0 Å². The number of aromatic nitrogens is 1. The van der Waals surface area contributed by atoms with Gasteiger partial charge in [-0.2, -0.15) is 5.26 Å². The zero-order valence-corrected chi connectivity index (χ0v) is 14.3. The van der Waals surface area contributed by atoms with Crippen molar-refractivity contribution in [1.82, 2.24) is 14.8 Å². The molecule has 0 aliphatic carbocycles. The number of aliphatic imine (C=N–C) groups is 1. The zero-order chi connectivity index (χ0) is 17.5. The molecular weight excluding hydrogens is 305 g/mol. The molecule has 1 heterocycles. The molecule has 2 aromatic rings. The number of benzene rings is 1. The number of nitrogens with zero attached hydrogens (tertiary/aromatic N) is 4. The molecule has 0 saturated carbocycles. The molecule has 0 aliphatic heterocycles. The first-order valence-electron chi connectivity index (χ1n) is 7.83. The molecule has 0 saturated heterocycles. The third kappa shape index (κ3) is 4.35. The Morgan fingerprint density at radius 2 is 2.21 bits per heavy atom. The van der Waals surface area contributed by atoms with E-state index in [0.29, 0.717) is 23.6 Å². The quantitative estimate of drug-likeness (QED) is 0.678. The summed E-state index contributed by atoms with van der Waals surface area (Å²) in [6.07, 6.45) is 2.00. The molecule has 0 atom stereocenters. The number of guanidine groups is 1. The SMILES string of the molecule is CCNC(=NCc1cc(C#N)ccc1F)N(C)Cc1cccn1C. The van der Waals surface area contributed by atoms with E-state index in [-0.39, 0.29) is 12.4 Å². The fourth-order valence-electron chi connectivity index (χ4n) is 2.37. The maximum atomic E-state index is 13.9. The van der Waals surface area contributed by atoms with Gasteiger partial charge >= 0.3 is 0 Å². The van der Waals surface area contributed by atoms with Crippen LogP contribution < -0.4 is 5.32 Å². The largest absolute Gasteiger partial charge is 0.357 e. The van der Waals surface area contributed by atoms with E-state index in [1.54, 1.807) is 6.07 Å². The van der Waals surface area contributed by atoms with E-state index in [4.69, 9.17) is 5.26 Å². The molecule has 1 N–H and O–H groups in total. The number of hydrogen-bond acceptors (Lipinski definition) is 2. The fraction of sp³-hybridized carbons (Fsp3) is 0.333. The van der Waals surface area contributed by atoms with Crippen LogP contribution in [0.5, 0.6) is 0 Å². The van der Waals surface area contributed by atoms with Gasteiger partial charge in [0.1, 0.15) is 5.82 Å². The molecule has 0 spiro atoms. The van der Waals surface area contributed by atoms with Gasteiger partial charge in [0.25, 0.3) is 0 Å².